The zero-order chi connectivity index (χ0) is 10.0. The normalized spacial score (nSPS) is 26.0. The predicted molar refractivity (Wildman–Crippen MR) is 59.3 cm³/mol. The van der Waals surface area contributed by atoms with Crippen molar-refractivity contribution in [3.63, 3.8) is 0 Å². The van der Waals surface area contributed by atoms with Crippen LogP contribution in [0, 0.1) is 0 Å². The monoisotopic (exact) mass is 190 g/mol. The highest BCUT2D eigenvalue weighted by Gasteiger charge is 2.25. The predicted octanol–water partition coefficient (Wildman–Crippen LogP) is 1.70. The summed E-state index contributed by atoms with van der Waals surface area (Å²) in [5, 5.41) is 7.11. The summed E-state index contributed by atoms with van der Waals surface area (Å²) in [6.45, 7) is 6.48. The van der Waals surface area contributed by atoms with E-state index in [2.05, 4.69) is 54.8 Å². The lowest BCUT2D eigenvalue weighted by atomic mass is 9.97. The van der Waals surface area contributed by atoms with E-state index >= 15 is 0 Å². The van der Waals surface area contributed by atoms with Crippen LogP contribution in [0.1, 0.15) is 25.5 Å². The Hall–Kier alpha value is -0.860. The van der Waals surface area contributed by atoms with Gasteiger partial charge in [0.05, 0.1) is 0 Å². The van der Waals surface area contributed by atoms with Gasteiger partial charge in [-0.2, -0.15) is 0 Å². The fourth-order valence-corrected chi connectivity index (χ4v) is 1.81. The Morgan fingerprint density at radius 1 is 1.21 bits per heavy atom. The third kappa shape index (κ3) is 2.14. The van der Waals surface area contributed by atoms with Gasteiger partial charge >= 0.3 is 0 Å². The summed E-state index contributed by atoms with van der Waals surface area (Å²) >= 11 is 0. The Balaban J connectivity index is 2.03. The number of piperazine rings is 1. The molecule has 1 heterocycles. The average Bonchev–Trinajstić information content (AvgIpc) is 2.19. The van der Waals surface area contributed by atoms with Gasteiger partial charge in [-0.3, -0.25) is 0 Å². The zero-order valence-electron chi connectivity index (χ0n) is 8.88. The van der Waals surface area contributed by atoms with Crippen molar-refractivity contribution in [2.45, 2.75) is 25.4 Å². The Bertz CT molecular complexity index is 282. The molecule has 0 aliphatic carbocycles. The van der Waals surface area contributed by atoms with Crippen molar-refractivity contribution in [1.82, 2.24) is 10.6 Å². The molecule has 76 valence electrons. The van der Waals surface area contributed by atoms with Crippen LogP contribution < -0.4 is 10.6 Å². The van der Waals surface area contributed by atoms with Gasteiger partial charge in [-0.15, -0.1) is 0 Å². The molecule has 0 saturated carbocycles. The summed E-state index contributed by atoms with van der Waals surface area (Å²) in [5.41, 5.74) is 1.60. The molecule has 2 rings (SSSR count). The summed E-state index contributed by atoms with van der Waals surface area (Å²) in [6.07, 6.45) is 0. The number of nitrogens with one attached hydrogen (secondary N) is 2. The lowest BCUT2D eigenvalue weighted by Crippen LogP contribution is -2.56. The molecule has 2 heteroatoms. The number of rotatable bonds is 1. The van der Waals surface area contributed by atoms with Gasteiger partial charge in [-0.25, -0.2) is 0 Å². The van der Waals surface area contributed by atoms with Crippen LogP contribution in [0.4, 0.5) is 0 Å². The van der Waals surface area contributed by atoms with E-state index in [1.54, 1.807) is 0 Å². The minimum absolute atomic E-state index is 0.227. The third-order valence-corrected chi connectivity index (χ3v) is 2.78. The van der Waals surface area contributed by atoms with Crippen molar-refractivity contribution in [2.75, 3.05) is 13.1 Å². The summed E-state index contributed by atoms with van der Waals surface area (Å²) in [4.78, 5) is 0. The van der Waals surface area contributed by atoms with Gasteiger partial charge in [-0.05, 0) is 19.4 Å². The molecule has 0 spiro atoms. The van der Waals surface area contributed by atoms with Crippen LogP contribution in [-0.4, -0.2) is 18.6 Å². The van der Waals surface area contributed by atoms with E-state index in [1.165, 1.54) is 5.56 Å². The molecule has 1 unspecified atom stereocenters. The number of hydrogen-bond acceptors (Lipinski definition) is 2. The van der Waals surface area contributed by atoms with Crippen molar-refractivity contribution in [3.8, 4) is 0 Å². The molecule has 1 aliphatic rings. The fraction of sp³-hybridized carbons (Fsp3) is 0.500. The topological polar surface area (TPSA) is 24.1 Å². The Labute approximate surface area is 85.7 Å². The third-order valence-electron chi connectivity index (χ3n) is 2.78. The first-order chi connectivity index (χ1) is 6.67. The molecule has 1 aromatic carbocycles. The quantitative estimate of drug-likeness (QED) is 0.704. The van der Waals surface area contributed by atoms with Crippen molar-refractivity contribution in [3.05, 3.63) is 35.9 Å². The van der Waals surface area contributed by atoms with E-state index < -0.39 is 0 Å². The molecule has 0 radical (unpaired) electrons. The van der Waals surface area contributed by atoms with E-state index in [-0.39, 0.29) is 5.54 Å². The maximum Gasteiger partial charge on any atom is 0.0447 e. The molecule has 1 saturated heterocycles. The maximum absolute atomic E-state index is 3.56. The second-order valence-corrected chi connectivity index (χ2v) is 4.61. The fourth-order valence-electron chi connectivity index (χ4n) is 1.81. The smallest absolute Gasteiger partial charge is 0.0447 e. The summed E-state index contributed by atoms with van der Waals surface area (Å²) in [5.74, 6) is 0. The van der Waals surface area contributed by atoms with Crippen molar-refractivity contribution >= 4 is 0 Å². The minimum atomic E-state index is 0.227. The molecular formula is C12H18N2. The van der Waals surface area contributed by atoms with Gasteiger partial charge in [0.15, 0.2) is 0 Å². The van der Waals surface area contributed by atoms with E-state index in [0.717, 1.165) is 13.1 Å². The Kier molecular flexibility index (Phi) is 2.57. The number of hydrogen-bond donors (Lipinski definition) is 2. The SMILES string of the molecule is CC1(C)CNC(c2ccccc2)CN1. The van der Waals surface area contributed by atoms with Gasteiger partial charge in [-0.1, -0.05) is 30.3 Å². The van der Waals surface area contributed by atoms with Crippen LogP contribution in [-0.2, 0) is 0 Å². The molecule has 1 fully saturated rings. The first-order valence-corrected chi connectivity index (χ1v) is 5.21. The second-order valence-electron chi connectivity index (χ2n) is 4.61. The molecule has 0 aromatic heterocycles. The average molecular weight is 190 g/mol. The van der Waals surface area contributed by atoms with Crippen LogP contribution in [0.25, 0.3) is 0 Å². The molecule has 14 heavy (non-hydrogen) atoms. The van der Waals surface area contributed by atoms with Crippen LogP contribution in [0.2, 0.25) is 0 Å². The highest BCUT2D eigenvalue weighted by atomic mass is 15.1. The molecule has 1 aromatic rings. The summed E-state index contributed by atoms with van der Waals surface area (Å²) in [7, 11) is 0. The lowest BCUT2D eigenvalue weighted by molar-refractivity contribution is 0.275. The molecule has 1 aliphatic heterocycles. The van der Waals surface area contributed by atoms with Crippen LogP contribution in [0.5, 0.6) is 0 Å². The second kappa shape index (κ2) is 3.71. The van der Waals surface area contributed by atoms with Crippen molar-refractivity contribution in [2.24, 2.45) is 0 Å². The molecular weight excluding hydrogens is 172 g/mol. The Morgan fingerprint density at radius 2 is 1.93 bits per heavy atom. The molecule has 0 bridgehead atoms. The molecule has 2 N–H and O–H groups in total. The van der Waals surface area contributed by atoms with E-state index in [9.17, 15) is 0 Å². The molecule has 1 atom stereocenters. The van der Waals surface area contributed by atoms with Gasteiger partial charge in [0.2, 0.25) is 0 Å². The van der Waals surface area contributed by atoms with E-state index in [4.69, 9.17) is 0 Å². The maximum atomic E-state index is 3.56. The summed E-state index contributed by atoms with van der Waals surface area (Å²) in [6, 6.07) is 11.1. The van der Waals surface area contributed by atoms with Crippen LogP contribution in [0.3, 0.4) is 0 Å². The first-order valence-electron chi connectivity index (χ1n) is 5.21. The largest absolute Gasteiger partial charge is 0.309 e. The van der Waals surface area contributed by atoms with Gasteiger partial charge in [0, 0.05) is 24.7 Å². The number of benzene rings is 1. The highest BCUT2D eigenvalue weighted by molar-refractivity contribution is 5.20. The van der Waals surface area contributed by atoms with Crippen molar-refractivity contribution < 1.29 is 0 Å². The van der Waals surface area contributed by atoms with E-state index in [0.29, 0.717) is 6.04 Å². The first kappa shape index (κ1) is 9.69. The van der Waals surface area contributed by atoms with Gasteiger partial charge in [0.25, 0.3) is 0 Å². The van der Waals surface area contributed by atoms with Crippen LogP contribution >= 0.6 is 0 Å². The molecule has 0 amide bonds. The standard InChI is InChI=1S/C12H18N2/c1-12(2)9-13-11(8-14-12)10-6-4-3-5-7-10/h3-7,11,13-14H,8-9H2,1-2H3. The Morgan fingerprint density at radius 3 is 2.50 bits per heavy atom. The highest BCUT2D eigenvalue weighted by Crippen LogP contribution is 2.17. The van der Waals surface area contributed by atoms with E-state index in [1.807, 2.05) is 0 Å². The zero-order valence-corrected chi connectivity index (χ0v) is 8.88. The lowest BCUT2D eigenvalue weighted by Gasteiger charge is -2.37. The van der Waals surface area contributed by atoms with Crippen LogP contribution in [0.15, 0.2) is 30.3 Å². The minimum Gasteiger partial charge on any atom is -0.309 e. The van der Waals surface area contributed by atoms with Gasteiger partial charge < -0.3 is 10.6 Å². The summed E-state index contributed by atoms with van der Waals surface area (Å²) < 4.78 is 0. The molecule has 2 nitrogen and oxygen atoms in total. The van der Waals surface area contributed by atoms with Crippen molar-refractivity contribution in [1.29, 1.82) is 0 Å². The van der Waals surface area contributed by atoms with Gasteiger partial charge in [0.1, 0.15) is 0 Å².